The molecule has 0 bridgehead atoms. The van der Waals surface area contributed by atoms with Gasteiger partial charge in [-0.2, -0.15) is 5.10 Å². The topological polar surface area (TPSA) is 53.6 Å². The van der Waals surface area contributed by atoms with Crippen LogP contribution in [-0.4, -0.2) is 15.2 Å². The van der Waals surface area contributed by atoms with Gasteiger partial charge in [0.1, 0.15) is 5.01 Å². The van der Waals surface area contributed by atoms with E-state index in [0.717, 1.165) is 23.8 Å². The molecule has 0 saturated heterocycles. The molecule has 0 amide bonds. The SMILES string of the molecule is CC(C)(C)c1[nH]ncc1CNCc1nc(-c2ccccc2)cs1. The average Bonchev–Trinajstić information content (AvgIpc) is 3.17. The molecule has 120 valence electrons. The van der Waals surface area contributed by atoms with Gasteiger partial charge in [0.25, 0.3) is 0 Å². The molecule has 2 N–H and O–H groups in total. The maximum Gasteiger partial charge on any atom is 0.107 e. The van der Waals surface area contributed by atoms with Gasteiger partial charge in [0, 0.05) is 40.7 Å². The predicted molar refractivity (Wildman–Crippen MR) is 95.4 cm³/mol. The second kappa shape index (κ2) is 6.64. The Kier molecular flexibility index (Phi) is 4.59. The van der Waals surface area contributed by atoms with E-state index in [1.807, 2.05) is 24.4 Å². The molecule has 1 aromatic carbocycles. The third-order valence-electron chi connectivity index (χ3n) is 3.68. The third kappa shape index (κ3) is 3.86. The molecule has 0 atom stereocenters. The van der Waals surface area contributed by atoms with E-state index in [1.54, 1.807) is 11.3 Å². The van der Waals surface area contributed by atoms with Gasteiger partial charge in [-0.1, -0.05) is 51.1 Å². The van der Waals surface area contributed by atoms with Crippen LogP contribution in [0.2, 0.25) is 0 Å². The molecule has 0 unspecified atom stereocenters. The zero-order valence-corrected chi connectivity index (χ0v) is 14.6. The summed E-state index contributed by atoms with van der Waals surface area (Å²) in [6.07, 6.45) is 1.91. The molecule has 0 aliphatic heterocycles. The van der Waals surface area contributed by atoms with Crippen molar-refractivity contribution in [1.82, 2.24) is 20.5 Å². The Morgan fingerprint density at radius 1 is 1.13 bits per heavy atom. The standard InChI is InChI=1S/C18H22N4S/c1-18(2,3)17-14(10-20-22-17)9-19-11-16-21-15(12-23-16)13-7-5-4-6-8-13/h4-8,10,12,19H,9,11H2,1-3H3,(H,20,22). The summed E-state index contributed by atoms with van der Waals surface area (Å²) < 4.78 is 0. The minimum atomic E-state index is 0.0785. The fourth-order valence-electron chi connectivity index (χ4n) is 2.53. The fraction of sp³-hybridized carbons (Fsp3) is 0.333. The number of H-pyrrole nitrogens is 1. The van der Waals surface area contributed by atoms with E-state index in [-0.39, 0.29) is 5.41 Å². The summed E-state index contributed by atoms with van der Waals surface area (Å²) in [5.74, 6) is 0. The van der Waals surface area contributed by atoms with E-state index in [2.05, 4.69) is 53.8 Å². The van der Waals surface area contributed by atoms with Crippen LogP contribution in [0.5, 0.6) is 0 Å². The summed E-state index contributed by atoms with van der Waals surface area (Å²) >= 11 is 1.69. The highest BCUT2D eigenvalue weighted by Crippen LogP contribution is 2.24. The number of nitrogens with zero attached hydrogens (tertiary/aromatic N) is 2. The Morgan fingerprint density at radius 2 is 1.91 bits per heavy atom. The van der Waals surface area contributed by atoms with Crippen molar-refractivity contribution in [2.45, 2.75) is 39.3 Å². The number of thiazole rings is 1. The van der Waals surface area contributed by atoms with Crippen LogP contribution >= 0.6 is 11.3 Å². The Balaban J connectivity index is 1.60. The summed E-state index contributed by atoms with van der Waals surface area (Å²) in [4.78, 5) is 4.70. The van der Waals surface area contributed by atoms with Gasteiger partial charge in [-0.05, 0) is 0 Å². The molecule has 0 aliphatic carbocycles. The number of hydrogen-bond donors (Lipinski definition) is 2. The summed E-state index contributed by atoms with van der Waals surface area (Å²) in [5, 5.41) is 14.0. The highest BCUT2D eigenvalue weighted by Gasteiger charge is 2.19. The van der Waals surface area contributed by atoms with Gasteiger partial charge >= 0.3 is 0 Å². The number of aromatic nitrogens is 3. The van der Waals surface area contributed by atoms with Crippen LogP contribution in [0.1, 0.15) is 37.0 Å². The lowest BCUT2D eigenvalue weighted by molar-refractivity contribution is 0.553. The molecule has 5 heteroatoms. The molecule has 23 heavy (non-hydrogen) atoms. The molecule has 0 spiro atoms. The van der Waals surface area contributed by atoms with Gasteiger partial charge in [0.05, 0.1) is 11.9 Å². The molecule has 3 rings (SSSR count). The lowest BCUT2D eigenvalue weighted by Gasteiger charge is -2.18. The zero-order chi connectivity index (χ0) is 16.3. The maximum atomic E-state index is 4.70. The van der Waals surface area contributed by atoms with Crippen molar-refractivity contribution in [3.8, 4) is 11.3 Å². The first-order valence-electron chi connectivity index (χ1n) is 7.77. The highest BCUT2D eigenvalue weighted by atomic mass is 32.1. The van der Waals surface area contributed by atoms with Crippen molar-refractivity contribution in [2.24, 2.45) is 0 Å². The highest BCUT2D eigenvalue weighted by molar-refractivity contribution is 7.09. The first-order chi connectivity index (χ1) is 11.0. The van der Waals surface area contributed by atoms with Crippen molar-refractivity contribution in [3.63, 3.8) is 0 Å². The maximum absolute atomic E-state index is 4.70. The molecule has 4 nitrogen and oxygen atoms in total. The molecular weight excluding hydrogens is 304 g/mol. The van der Waals surface area contributed by atoms with Gasteiger partial charge in [-0.25, -0.2) is 4.98 Å². The number of hydrogen-bond acceptors (Lipinski definition) is 4. The van der Waals surface area contributed by atoms with E-state index < -0.39 is 0 Å². The first-order valence-corrected chi connectivity index (χ1v) is 8.65. The lowest BCUT2D eigenvalue weighted by atomic mass is 9.89. The van der Waals surface area contributed by atoms with Gasteiger partial charge in [0.15, 0.2) is 0 Å². The van der Waals surface area contributed by atoms with Crippen LogP contribution in [-0.2, 0) is 18.5 Å². The number of benzene rings is 1. The second-order valence-electron chi connectivity index (χ2n) is 6.62. The fourth-order valence-corrected chi connectivity index (χ4v) is 3.31. The van der Waals surface area contributed by atoms with E-state index >= 15 is 0 Å². The lowest BCUT2D eigenvalue weighted by Crippen LogP contribution is -2.18. The van der Waals surface area contributed by atoms with Gasteiger partial charge in [-0.3, -0.25) is 5.10 Å². The third-order valence-corrected chi connectivity index (χ3v) is 4.53. The molecular formula is C18H22N4S. The van der Waals surface area contributed by atoms with Gasteiger partial charge in [-0.15, -0.1) is 11.3 Å². The molecule has 0 radical (unpaired) electrons. The van der Waals surface area contributed by atoms with Crippen LogP contribution < -0.4 is 5.32 Å². The van der Waals surface area contributed by atoms with Crippen LogP contribution in [0.3, 0.4) is 0 Å². The molecule has 0 aliphatic rings. The second-order valence-corrected chi connectivity index (χ2v) is 7.56. The Morgan fingerprint density at radius 3 is 2.65 bits per heavy atom. The van der Waals surface area contributed by atoms with E-state index in [0.29, 0.717) is 0 Å². The minimum Gasteiger partial charge on any atom is -0.306 e. The van der Waals surface area contributed by atoms with Crippen LogP contribution in [0, 0.1) is 0 Å². The molecule has 2 heterocycles. The molecule has 3 aromatic rings. The van der Waals surface area contributed by atoms with E-state index in [4.69, 9.17) is 4.98 Å². The van der Waals surface area contributed by atoms with Crippen molar-refractivity contribution in [3.05, 3.63) is 58.2 Å². The van der Waals surface area contributed by atoms with Crippen molar-refractivity contribution < 1.29 is 0 Å². The quantitative estimate of drug-likeness (QED) is 0.741. The van der Waals surface area contributed by atoms with Gasteiger partial charge < -0.3 is 5.32 Å². The largest absolute Gasteiger partial charge is 0.306 e. The Bertz CT molecular complexity index is 753. The number of aromatic amines is 1. The van der Waals surface area contributed by atoms with E-state index in [9.17, 15) is 0 Å². The Labute approximate surface area is 141 Å². The molecule has 0 saturated carbocycles. The molecule has 2 aromatic heterocycles. The van der Waals surface area contributed by atoms with Crippen LogP contribution in [0.15, 0.2) is 41.9 Å². The normalized spacial score (nSPS) is 11.8. The number of rotatable bonds is 5. The number of nitrogens with one attached hydrogen (secondary N) is 2. The first kappa shape index (κ1) is 15.9. The Hall–Kier alpha value is -1.98. The predicted octanol–water partition coefficient (Wildman–Crippen LogP) is 4.12. The van der Waals surface area contributed by atoms with Crippen molar-refractivity contribution >= 4 is 11.3 Å². The van der Waals surface area contributed by atoms with Crippen molar-refractivity contribution in [2.75, 3.05) is 0 Å². The molecule has 0 fully saturated rings. The summed E-state index contributed by atoms with van der Waals surface area (Å²) in [5.41, 5.74) is 4.70. The van der Waals surface area contributed by atoms with Crippen LogP contribution in [0.25, 0.3) is 11.3 Å². The average molecular weight is 326 g/mol. The summed E-state index contributed by atoms with van der Waals surface area (Å²) in [6, 6.07) is 10.3. The smallest absolute Gasteiger partial charge is 0.107 e. The van der Waals surface area contributed by atoms with Crippen molar-refractivity contribution in [1.29, 1.82) is 0 Å². The van der Waals surface area contributed by atoms with Crippen LogP contribution in [0.4, 0.5) is 0 Å². The van der Waals surface area contributed by atoms with E-state index in [1.165, 1.54) is 16.8 Å². The minimum absolute atomic E-state index is 0.0785. The summed E-state index contributed by atoms with van der Waals surface area (Å²) in [6.45, 7) is 8.14. The monoisotopic (exact) mass is 326 g/mol. The van der Waals surface area contributed by atoms with Gasteiger partial charge in [0.2, 0.25) is 0 Å². The zero-order valence-electron chi connectivity index (χ0n) is 13.8. The summed E-state index contributed by atoms with van der Waals surface area (Å²) in [7, 11) is 0.